The summed E-state index contributed by atoms with van der Waals surface area (Å²) in [7, 11) is 1.90. The van der Waals surface area contributed by atoms with E-state index in [1.54, 1.807) is 4.68 Å². The zero-order valence-electron chi connectivity index (χ0n) is 9.49. The van der Waals surface area contributed by atoms with Crippen molar-refractivity contribution in [3.63, 3.8) is 0 Å². The molecule has 0 radical (unpaired) electrons. The molecule has 4 heteroatoms. The fourth-order valence-corrected chi connectivity index (χ4v) is 1.76. The molecule has 0 aliphatic heterocycles. The van der Waals surface area contributed by atoms with Gasteiger partial charge < -0.3 is 0 Å². The molecule has 0 N–H and O–H groups in total. The minimum atomic E-state index is 0.932. The summed E-state index contributed by atoms with van der Waals surface area (Å²) in [6.07, 6.45) is 5.73. The minimum absolute atomic E-state index is 0.932. The van der Waals surface area contributed by atoms with Crippen LogP contribution in [0.25, 0.3) is 16.9 Å². The molecule has 4 nitrogen and oxygen atoms in total. The number of aromatic nitrogens is 4. The van der Waals surface area contributed by atoms with Crippen LogP contribution in [0.1, 0.15) is 0 Å². The summed E-state index contributed by atoms with van der Waals surface area (Å²) in [5, 5.41) is 8.67. The first kappa shape index (κ1) is 9.84. The summed E-state index contributed by atoms with van der Waals surface area (Å²) in [5.41, 5.74) is 3.02. The van der Waals surface area contributed by atoms with Gasteiger partial charge in [-0.25, -0.2) is 4.68 Å². The van der Waals surface area contributed by atoms with Gasteiger partial charge in [-0.3, -0.25) is 4.68 Å². The third-order valence-electron chi connectivity index (χ3n) is 2.61. The molecule has 0 atom stereocenters. The standard InChI is InChI=1S/C13H12N4/c1-16-10-11(9-14-16)13-7-8-17(15-13)12-5-3-2-4-6-12/h2-10H,1H3. The van der Waals surface area contributed by atoms with E-state index in [-0.39, 0.29) is 0 Å². The van der Waals surface area contributed by atoms with Crippen LogP contribution in [0.5, 0.6) is 0 Å². The summed E-state index contributed by atoms with van der Waals surface area (Å²) in [6.45, 7) is 0. The molecular formula is C13H12N4. The molecule has 1 aromatic carbocycles. The van der Waals surface area contributed by atoms with Gasteiger partial charge in [0, 0.05) is 25.0 Å². The molecule has 3 rings (SSSR count). The Hall–Kier alpha value is -2.36. The average molecular weight is 224 g/mol. The zero-order valence-corrected chi connectivity index (χ0v) is 9.49. The molecule has 0 amide bonds. The Bertz CT molecular complexity index is 622. The number of rotatable bonds is 2. The Morgan fingerprint density at radius 3 is 2.59 bits per heavy atom. The maximum atomic E-state index is 4.53. The van der Waals surface area contributed by atoms with Gasteiger partial charge in [0.1, 0.15) is 0 Å². The molecular weight excluding hydrogens is 212 g/mol. The average Bonchev–Trinajstić information content (AvgIpc) is 2.98. The second-order valence-electron chi connectivity index (χ2n) is 3.88. The van der Waals surface area contributed by atoms with Crippen molar-refractivity contribution < 1.29 is 0 Å². The topological polar surface area (TPSA) is 35.6 Å². The highest BCUT2D eigenvalue weighted by Crippen LogP contribution is 2.17. The van der Waals surface area contributed by atoms with E-state index in [4.69, 9.17) is 0 Å². The monoisotopic (exact) mass is 224 g/mol. The maximum Gasteiger partial charge on any atom is 0.0959 e. The minimum Gasteiger partial charge on any atom is -0.275 e. The molecule has 0 saturated carbocycles. The van der Waals surface area contributed by atoms with Gasteiger partial charge in [0.25, 0.3) is 0 Å². The van der Waals surface area contributed by atoms with Crippen LogP contribution in [0.15, 0.2) is 55.0 Å². The first-order chi connectivity index (χ1) is 8.33. The van der Waals surface area contributed by atoms with Gasteiger partial charge in [0.15, 0.2) is 0 Å². The molecule has 0 unspecified atom stereocenters. The number of hydrogen-bond donors (Lipinski definition) is 0. The predicted octanol–water partition coefficient (Wildman–Crippen LogP) is 2.27. The largest absolute Gasteiger partial charge is 0.275 e. The van der Waals surface area contributed by atoms with Gasteiger partial charge in [-0.05, 0) is 18.2 Å². The van der Waals surface area contributed by atoms with Crippen molar-refractivity contribution >= 4 is 0 Å². The van der Waals surface area contributed by atoms with Crippen LogP contribution in [-0.2, 0) is 7.05 Å². The molecule has 3 aromatic rings. The predicted molar refractivity (Wildman–Crippen MR) is 65.8 cm³/mol. The quantitative estimate of drug-likeness (QED) is 0.669. The zero-order chi connectivity index (χ0) is 11.7. The SMILES string of the molecule is Cn1cc(-c2ccn(-c3ccccc3)n2)cn1. The summed E-state index contributed by atoms with van der Waals surface area (Å²) in [6, 6.07) is 12.0. The number of aryl methyl sites for hydroxylation is 1. The van der Waals surface area contributed by atoms with E-state index in [0.717, 1.165) is 16.9 Å². The molecule has 0 aliphatic rings. The van der Waals surface area contributed by atoms with Crippen LogP contribution in [0, 0.1) is 0 Å². The van der Waals surface area contributed by atoms with Gasteiger partial charge in [0.2, 0.25) is 0 Å². The summed E-state index contributed by atoms with van der Waals surface area (Å²) >= 11 is 0. The first-order valence-electron chi connectivity index (χ1n) is 5.43. The van der Waals surface area contributed by atoms with Crippen molar-refractivity contribution in [2.45, 2.75) is 0 Å². The maximum absolute atomic E-state index is 4.53. The Morgan fingerprint density at radius 2 is 1.88 bits per heavy atom. The van der Waals surface area contributed by atoms with E-state index >= 15 is 0 Å². The summed E-state index contributed by atoms with van der Waals surface area (Å²) in [4.78, 5) is 0. The normalized spacial score (nSPS) is 10.6. The van der Waals surface area contributed by atoms with Crippen LogP contribution < -0.4 is 0 Å². The van der Waals surface area contributed by atoms with Gasteiger partial charge >= 0.3 is 0 Å². The van der Waals surface area contributed by atoms with Crippen LogP contribution >= 0.6 is 0 Å². The molecule has 84 valence electrons. The van der Waals surface area contributed by atoms with Crippen LogP contribution in [0.3, 0.4) is 0 Å². The fraction of sp³-hybridized carbons (Fsp3) is 0.0769. The van der Waals surface area contributed by atoms with Crippen molar-refractivity contribution in [3.05, 3.63) is 55.0 Å². The van der Waals surface area contributed by atoms with Crippen LogP contribution in [-0.4, -0.2) is 19.6 Å². The van der Waals surface area contributed by atoms with Gasteiger partial charge in [-0.2, -0.15) is 10.2 Å². The molecule has 2 heterocycles. The second kappa shape index (κ2) is 3.90. The van der Waals surface area contributed by atoms with E-state index in [1.165, 1.54) is 0 Å². The highest BCUT2D eigenvalue weighted by Gasteiger charge is 2.04. The first-order valence-corrected chi connectivity index (χ1v) is 5.43. The lowest BCUT2D eigenvalue weighted by Gasteiger charge is -1.99. The number of benzene rings is 1. The lowest BCUT2D eigenvalue weighted by molar-refractivity contribution is 0.768. The van der Waals surface area contributed by atoms with Crippen molar-refractivity contribution in [1.29, 1.82) is 0 Å². The van der Waals surface area contributed by atoms with E-state index < -0.39 is 0 Å². The third kappa shape index (κ3) is 1.85. The van der Waals surface area contributed by atoms with Gasteiger partial charge in [0.05, 0.1) is 17.6 Å². The molecule has 0 fully saturated rings. The van der Waals surface area contributed by atoms with Crippen molar-refractivity contribution in [2.75, 3.05) is 0 Å². The summed E-state index contributed by atoms with van der Waals surface area (Å²) in [5.74, 6) is 0. The third-order valence-corrected chi connectivity index (χ3v) is 2.61. The molecule has 0 bridgehead atoms. The summed E-state index contributed by atoms with van der Waals surface area (Å²) < 4.78 is 3.64. The lowest BCUT2D eigenvalue weighted by Crippen LogP contribution is -1.93. The molecule has 0 spiro atoms. The molecule has 0 aliphatic carbocycles. The van der Waals surface area contributed by atoms with E-state index in [9.17, 15) is 0 Å². The Balaban J connectivity index is 1.99. The van der Waals surface area contributed by atoms with Gasteiger partial charge in [-0.1, -0.05) is 18.2 Å². The van der Waals surface area contributed by atoms with E-state index in [2.05, 4.69) is 10.2 Å². The van der Waals surface area contributed by atoms with Crippen molar-refractivity contribution in [1.82, 2.24) is 19.6 Å². The molecule has 0 saturated heterocycles. The highest BCUT2D eigenvalue weighted by molar-refractivity contribution is 5.56. The fourth-order valence-electron chi connectivity index (χ4n) is 1.76. The Kier molecular flexibility index (Phi) is 2.26. The van der Waals surface area contributed by atoms with E-state index in [1.807, 2.05) is 66.7 Å². The van der Waals surface area contributed by atoms with Crippen molar-refractivity contribution in [3.8, 4) is 16.9 Å². The number of hydrogen-bond acceptors (Lipinski definition) is 2. The molecule has 17 heavy (non-hydrogen) atoms. The van der Waals surface area contributed by atoms with E-state index in [0.29, 0.717) is 0 Å². The van der Waals surface area contributed by atoms with Crippen LogP contribution in [0.2, 0.25) is 0 Å². The van der Waals surface area contributed by atoms with Gasteiger partial charge in [-0.15, -0.1) is 0 Å². The Labute approximate surface area is 99.1 Å². The smallest absolute Gasteiger partial charge is 0.0959 e. The number of para-hydroxylation sites is 1. The number of nitrogens with zero attached hydrogens (tertiary/aromatic N) is 4. The highest BCUT2D eigenvalue weighted by atomic mass is 15.3. The van der Waals surface area contributed by atoms with Crippen molar-refractivity contribution in [2.24, 2.45) is 7.05 Å². The van der Waals surface area contributed by atoms with Crippen LogP contribution in [0.4, 0.5) is 0 Å². The molecule has 2 aromatic heterocycles. The Morgan fingerprint density at radius 1 is 1.06 bits per heavy atom. The lowest BCUT2D eigenvalue weighted by atomic mass is 10.3. The second-order valence-corrected chi connectivity index (χ2v) is 3.88.